The fourth-order valence-electron chi connectivity index (χ4n) is 3.79. The van der Waals surface area contributed by atoms with E-state index in [4.69, 9.17) is 9.15 Å². The van der Waals surface area contributed by atoms with Crippen molar-refractivity contribution in [2.24, 2.45) is 0 Å². The van der Waals surface area contributed by atoms with Gasteiger partial charge in [-0.05, 0) is 37.6 Å². The van der Waals surface area contributed by atoms with Crippen LogP contribution in [0.4, 0.5) is 0 Å². The molecule has 132 valence electrons. The summed E-state index contributed by atoms with van der Waals surface area (Å²) in [5, 5.41) is 0. The summed E-state index contributed by atoms with van der Waals surface area (Å²) < 4.78 is 11.2. The minimum absolute atomic E-state index is 0.0427. The van der Waals surface area contributed by atoms with Crippen molar-refractivity contribution in [3.8, 4) is 0 Å². The van der Waals surface area contributed by atoms with Crippen molar-refractivity contribution >= 4 is 5.91 Å². The lowest BCUT2D eigenvalue weighted by atomic mass is 9.98. The number of aromatic nitrogens is 1. The predicted octanol–water partition coefficient (Wildman–Crippen LogP) is 2.10. The highest BCUT2D eigenvalue weighted by Gasteiger charge is 2.40. The largest absolute Gasteiger partial charge is 0.459 e. The Bertz CT molecular complexity index is 731. The number of ether oxygens (including phenoxy) is 1. The Hall–Kier alpha value is -2.18. The van der Waals surface area contributed by atoms with Crippen LogP contribution < -0.4 is 0 Å². The molecule has 0 unspecified atom stereocenters. The lowest BCUT2D eigenvalue weighted by Gasteiger charge is -2.46. The highest BCUT2D eigenvalue weighted by atomic mass is 16.5. The third-order valence-corrected chi connectivity index (χ3v) is 4.99. The normalized spacial score (nSPS) is 24.1. The fourth-order valence-corrected chi connectivity index (χ4v) is 3.79. The van der Waals surface area contributed by atoms with E-state index in [0.717, 1.165) is 37.4 Å². The number of pyridine rings is 1. The Labute approximate surface area is 147 Å². The van der Waals surface area contributed by atoms with E-state index in [9.17, 15) is 4.79 Å². The zero-order chi connectivity index (χ0) is 17.2. The number of likely N-dealkylation sites (tertiary alicyclic amines) is 1. The molecule has 0 bridgehead atoms. The summed E-state index contributed by atoms with van der Waals surface area (Å²) in [5.41, 5.74) is 2.10. The molecular formula is C19H23N3O3. The van der Waals surface area contributed by atoms with Gasteiger partial charge in [0.2, 0.25) is 0 Å². The molecule has 0 aromatic carbocycles. The van der Waals surface area contributed by atoms with E-state index in [1.165, 1.54) is 0 Å². The van der Waals surface area contributed by atoms with Crippen molar-refractivity contribution in [1.82, 2.24) is 14.8 Å². The summed E-state index contributed by atoms with van der Waals surface area (Å²) in [6.07, 6.45) is 2.58. The van der Waals surface area contributed by atoms with Gasteiger partial charge in [0.15, 0.2) is 5.76 Å². The van der Waals surface area contributed by atoms with E-state index in [-0.39, 0.29) is 18.1 Å². The van der Waals surface area contributed by atoms with Gasteiger partial charge in [-0.2, -0.15) is 0 Å². The molecule has 0 saturated carbocycles. The second-order valence-electron chi connectivity index (χ2n) is 6.75. The number of piperidine rings is 1. The van der Waals surface area contributed by atoms with Crippen molar-refractivity contribution in [2.75, 3.05) is 26.2 Å². The molecule has 25 heavy (non-hydrogen) atoms. The number of hydrogen-bond donors (Lipinski definition) is 0. The fraction of sp³-hybridized carbons (Fsp3) is 0.474. The molecule has 2 aliphatic rings. The Morgan fingerprint density at radius 2 is 2.20 bits per heavy atom. The average Bonchev–Trinajstić information content (AvgIpc) is 3.15. The second kappa shape index (κ2) is 6.98. The second-order valence-corrected chi connectivity index (χ2v) is 6.75. The van der Waals surface area contributed by atoms with Gasteiger partial charge >= 0.3 is 0 Å². The molecule has 6 nitrogen and oxygen atoms in total. The van der Waals surface area contributed by atoms with Crippen LogP contribution in [0, 0.1) is 6.92 Å². The van der Waals surface area contributed by atoms with E-state index >= 15 is 0 Å². The average molecular weight is 341 g/mol. The molecule has 0 N–H and O–H groups in total. The highest BCUT2D eigenvalue weighted by molar-refractivity contribution is 5.91. The number of aryl methyl sites for hydroxylation is 1. The molecular weight excluding hydrogens is 318 g/mol. The van der Waals surface area contributed by atoms with E-state index in [0.29, 0.717) is 18.9 Å². The van der Waals surface area contributed by atoms with Crippen molar-refractivity contribution in [3.05, 3.63) is 53.7 Å². The van der Waals surface area contributed by atoms with E-state index < -0.39 is 0 Å². The molecule has 0 aliphatic carbocycles. The van der Waals surface area contributed by atoms with Crippen LogP contribution in [0.2, 0.25) is 0 Å². The smallest absolute Gasteiger partial charge is 0.290 e. The number of morpholine rings is 1. The molecule has 2 atom stereocenters. The van der Waals surface area contributed by atoms with Crippen LogP contribution in [-0.2, 0) is 11.3 Å². The number of amides is 1. The van der Waals surface area contributed by atoms with Crippen LogP contribution in [-0.4, -0.2) is 59.1 Å². The molecule has 0 spiro atoms. The van der Waals surface area contributed by atoms with E-state index in [1.54, 1.807) is 18.4 Å². The third kappa shape index (κ3) is 3.45. The first-order valence-corrected chi connectivity index (χ1v) is 8.82. The van der Waals surface area contributed by atoms with Gasteiger partial charge in [-0.25, -0.2) is 0 Å². The van der Waals surface area contributed by atoms with Crippen LogP contribution in [0.25, 0.3) is 0 Å². The molecule has 4 heterocycles. The van der Waals surface area contributed by atoms with Crippen molar-refractivity contribution in [1.29, 1.82) is 0 Å². The lowest BCUT2D eigenvalue weighted by Crippen LogP contribution is -2.61. The Morgan fingerprint density at radius 1 is 1.28 bits per heavy atom. The Kier molecular flexibility index (Phi) is 4.55. The molecule has 4 rings (SSSR count). The van der Waals surface area contributed by atoms with Gasteiger partial charge in [0.25, 0.3) is 5.91 Å². The molecule has 6 heteroatoms. The first-order chi connectivity index (χ1) is 12.2. The summed E-state index contributed by atoms with van der Waals surface area (Å²) >= 11 is 0. The van der Waals surface area contributed by atoms with Gasteiger partial charge in [-0.15, -0.1) is 0 Å². The van der Waals surface area contributed by atoms with Crippen LogP contribution in [0.5, 0.6) is 0 Å². The molecule has 1 amide bonds. The predicted molar refractivity (Wildman–Crippen MR) is 92.1 cm³/mol. The summed E-state index contributed by atoms with van der Waals surface area (Å²) in [7, 11) is 0. The molecule has 2 fully saturated rings. The van der Waals surface area contributed by atoms with E-state index in [2.05, 4.69) is 16.0 Å². The van der Waals surface area contributed by atoms with Crippen LogP contribution in [0.3, 0.4) is 0 Å². The quantitative estimate of drug-likeness (QED) is 0.856. The summed E-state index contributed by atoms with van der Waals surface area (Å²) in [5.74, 6) is 0.358. The van der Waals surface area contributed by atoms with Crippen molar-refractivity contribution in [3.63, 3.8) is 0 Å². The van der Waals surface area contributed by atoms with Gasteiger partial charge in [0.1, 0.15) is 0 Å². The minimum atomic E-state index is -0.0427. The van der Waals surface area contributed by atoms with Gasteiger partial charge in [-0.3, -0.25) is 14.7 Å². The third-order valence-electron chi connectivity index (χ3n) is 4.99. The van der Waals surface area contributed by atoms with Gasteiger partial charge in [0, 0.05) is 31.9 Å². The molecule has 2 saturated heterocycles. The Balaban J connectivity index is 1.48. The SMILES string of the molecule is Cc1cccc(CN2CC[C@@H]3OCCN(C(=O)c4ccco4)[C@H]3C2)n1. The number of rotatable bonds is 3. The maximum absolute atomic E-state index is 12.8. The first kappa shape index (κ1) is 16.3. The Morgan fingerprint density at radius 3 is 3.00 bits per heavy atom. The zero-order valence-electron chi connectivity index (χ0n) is 14.4. The van der Waals surface area contributed by atoms with Crippen molar-refractivity contribution in [2.45, 2.75) is 32.0 Å². The number of hydrogen-bond acceptors (Lipinski definition) is 5. The number of furan rings is 1. The van der Waals surface area contributed by atoms with Crippen molar-refractivity contribution < 1.29 is 13.9 Å². The zero-order valence-corrected chi connectivity index (χ0v) is 14.4. The molecule has 2 aromatic heterocycles. The van der Waals surface area contributed by atoms with Crippen LogP contribution in [0.1, 0.15) is 28.4 Å². The standard InChI is InChI=1S/C19H23N3O3/c1-14-4-2-5-15(20-14)12-21-8-7-17-16(13-21)22(9-11-25-17)19(23)18-6-3-10-24-18/h2-6,10,16-17H,7-9,11-13H2,1H3/t16-,17-/m0/s1. The number of fused-ring (bicyclic) bond motifs is 1. The van der Waals surface area contributed by atoms with E-state index in [1.807, 2.05) is 24.0 Å². The molecule has 0 radical (unpaired) electrons. The van der Waals surface area contributed by atoms with Crippen LogP contribution in [0.15, 0.2) is 41.0 Å². The topological polar surface area (TPSA) is 58.8 Å². The maximum Gasteiger partial charge on any atom is 0.290 e. The summed E-state index contributed by atoms with van der Waals surface area (Å²) in [6, 6.07) is 9.65. The maximum atomic E-state index is 12.8. The first-order valence-electron chi connectivity index (χ1n) is 8.82. The van der Waals surface area contributed by atoms with Gasteiger partial charge < -0.3 is 14.1 Å². The summed E-state index contributed by atoms with van der Waals surface area (Å²) in [4.78, 5) is 21.6. The minimum Gasteiger partial charge on any atom is -0.459 e. The number of carbonyl (C=O) groups excluding carboxylic acids is 1. The lowest BCUT2D eigenvalue weighted by molar-refractivity contribution is -0.0921. The van der Waals surface area contributed by atoms with Gasteiger partial charge in [0.05, 0.1) is 30.7 Å². The highest BCUT2D eigenvalue weighted by Crippen LogP contribution is 2.25. The number of nitrogens with zero attached hydrogens (tertiary/aromatic N) is 3. The molecule has 2 aliphatic heterocycles. The summed E-state index contributed by atoms with van der Waals surface area (Å²) in [6.45, 7) is 5.76. The van der Waals surface area contributed by atoms with Crippen LogP contribution >= 0.6 is 0 Å². The number of carbonyl (C=O) groups is 1. The molecule has 2 aromatic rings. The van der Waals surface area contributed by atoms with Gasteiger partial charge in [-0.1, -0.05) is 6.07 Å². The monoisotopic (exact) mass is 341 g/mol.